The van der Waals surface area contributed by atoms with Gasteiger partial charge in [-0.1, -0.05) is 48.5 Å². The highest BCUT2D eigenvalue weighted by Gasteiger charge is 2.28. The van der Waals surface area contributed by atoms with Crippen LogP contribution in [0.1, 0.15) is 33.6 Å². The lowest BCUT2D eigenvalue weighted by Gasteiger charge is -2.12. The van der Waals surface area contributed by atoms with E-state index in [1.165, 1.54) is 0 Å². The fourth-order valence-corrected chi connectivity index (χ4v) is 4.21. The number of benzene rings is 3. The van der Waals surface area contributed by atoms with E-state index in [1.807, 2.05) is 60.7 Å². The number of phenolic OH excluding ortho intramolecular Hbond substituents is 1. The van der Waals surface area contributed by atoms with Crippen molar-refractivity contribution in [1.82, 2.24) is 4.98 Å². The summed E-state index contributed by atoms with van der Waals surface area (Å²) in [6.45, 7) is -0.380. The normalized spacial score (nSPS) is 13.6. The first-order chi connectivity index (χ1) is 16.6. The van der Waals surface area contributed by atoms with Crippen LogP contribution in [0, 0.1) is 0 Å². The van der Waals surface area contributed by atoms with Crippen LogP contribution in [-0.4, -0.2) is 28.6 Å². The molecular weight excluding hydrogens is 428 g/mol. The Bertz CT molecular complexity index is 1410. The number of esters is 1. The van der Waals surface area contributed by atoms with Gasteiger partial charge in [-0.25, -0.2) is 9.78 Å². The molecule has 0 bridgehead atoms. The van der Waals surface area contributed by atoms with Gasteiger partial charge in [-0.2, -0.15) is 0 Å². The second-order valence-electron chi connectivity index (χ2n) is 8.08. The third-order valence-corrected chi connectivity index (χ3v) is 5.77. The Labute approximate surface area is 196 Å². The SMILES string of the molecule is O=C(COC(=O)c1c2c(nc3ccccc13)/C(=C/c1ccc(O)cc1)CC2)Nc1ccccc1. The van der Waals surface area contributed by atoms with Gasteiger partial charge in [0, 0.05) is 11.1 Å². The van der Waals surface area contributed by atoms with E-state index in [9.17, 15) is 14.7 Å². The number of hydrogen-bond donors (Lipinski definition) is 2. The lowest BCUT2D eigenvalue weighted by Crippen LogP contribution is -2.21. The summed E-state index contributed by atoms with van der Waals surface area (Å²) in [5.41, 5.74) is 5.36. The maximum Gasteiger partial charge on any atom is 0.339 e. The van der Waals surface area contributed by atoms with E-state index < -0.39 is 11.9 Å². The van der Waals surface area contributed by atoms with E-state index in [1.54, 1.807) is 24.3 Å². The largest absolute Gasteiger partial charge is 0.508 e. The number of anilines is 1. The minimum absolute atomic E-state index is 0.208. The number of aromatic hydroxyl groups is 1. The molecule has 1 heterocycles. The van der Waals surface area contributed by atoms with Gasteiger partial charge < -0.3 is 15.2 Å². The zero-order valence-corrected chi connectivity index (χ0v) is 18.3. The molecule has 4 aromatic rings. The number of amides is 1. The van der Waals surface area contributed by atoms with Crippen molar-refractivity contribution in [3.63, 3.8) is 0 Å². The second kappa shape index (κ2) is 9.19. The van der Waals surface area contributed by atoms with Crippen LogP contribution in [0.25, 0.3) is 22.6 Å². The number of rotatable bonds is 5. The number of pyridine rings is 1. The molecule has 2 N–H and O–H groups in total. The average Bonchev–Trinajstić information content (AvgIpc) is 3.25. The van der Waals surface area contributed by atoms with Gasteiger partial charge in [0.15, 0.2) is 6.61 Å². The smallest absolute Gasteiger partial charge is 0.339 e. The first-order valence-electron chi connectivity index (χ1n) is 11.0. The van der Waals surface area contributed by atoms with Crippen LogP contribution in [0.2, 0.25) is 0 Å². The maximum atomic E-state index is 13.2. The summed E-state index contributed by atoms with van der Waals surface area (Å²) in [5, 5.41) is 13.0. The number of carbonyl (C=O) groups excluding carboxylic acids is 2. The van der Waals surface area contributed by atoms with Crippen molar-refractivity contribution in [2.45, 2.75) is 12.8 Å². The first-order valence-corrected chi connectivity index (χ1v) is 11.0. The highest BCUT2D eigenvalue weighted by atomic mass is 16.5. The lowest BCUT2D eigenvalue weighted by atomic mass is 10.0. The van der Waals surface area contributed by atoms with Crippen LogP contribution >= 0.6 is 0 Å². The number of carbonyl (C=O) groups is 2. The number of nitrogens with one attached hydrogen (secondary N) is 1. The third kappa shape index (κ3) is 4.38. The molecule has 0 radical (unpaired) electrons. The molecule has 0 saturated heterocycles. The van der Waals surface area contributed by atoms with Gasteiger partial charge in [-0.3, -0.25) is 4.79 Å². The van der Waals surface area contributed by atoms with Crippen molar-refractivity contribution >= 4 is 40.1 Å². The monoisotopic (exact) mass is 450 g/mol. The zero-order chi connectivity index (χ0) is 23.5. The molecule has 6 nitrogen and oxygen atoms in total. The molecule has 1 aliphatic carbocycles. The van der Waals surface area contributed by atoms with E-state index in [2.05, 4.69) is 5.32 Å². The molecule has 3 aromatic carbocycles. The van der Waals surface area contributed by atoms with Gasteiger partial charge in [0.2, 0.25) is 0 Å². The van der Waals surface area contributed by atoms with Crippen LogP contribution in [-0.2, 0) is 16.0 Å². The van der Waals surface area contributed by atoms with Crippen molar-refractivity contribution in [2.24, 2.45) is 0 Å². The van der Waals surface area contributed by atoms with Gasteiger partial charge in [-0.05, 0) is 65.9 Å². The van der Waals surface area contributed by atoms with Crippen molar-refractivity contribution in [1.29, 1.82) is 0 Å². The van der Waals surface area contributed by atoms with Gasteiger partial charge in [0.25, 0.3) is 5.91 Å². The van der Waals surface area contributed by atoms with E-state index >= 15 is 0 Å². The molecule has 0 unspecified atom stereocenters. The van der Waals surface area contributed by atoms with Crippen LogP contribution in [0.5, 0.6) is 5.75 Å². The van der Waals surface area contributed by atoms with Crippen molar-refractivity contribution in [3.8, 4) is 5.75 Å². The van der Waals surface area contributed by atoms with Crippen molar-refractivity contribution < 1.29 is 19.4 Å². The summed E-state index contributed by atoms with van der Waals surface area (Å²) in [6, 6.07) is 23.4. The molecule has 168 valence electrons. The summed E-state index contributed by atoms with van der Waals surface area (Å²) < 4.78 is 5.44. The van der Waals surface area contributed by atoms with E-state index in [4.69, 9.17) is 9.72 Å². The minimum Gasteiger partial charge on any atom is -0.508 e. The van der Waals surface area contributed by atoms with E-state index in [0.717, 1.165) is 28.8 Å². The highest BCUT2D eigenvalue weighted by Crippen LogP contribution is 2.37. The molecule has 0 aliphatic heterocycles. The fraction of sp³-hybridized carbons (Fsp3) is 0.107. The number of phenols is 1. The van der Waals surface area contributed by atoms with E-state index in [-0.39, 0.29) is 12.4 Å². The Hall–Kier alpha value is -4.45. The maximum absolute atomic E-state index is 13.2. The Morgan fingerprint density at radius 3 is 2.47 bits per heavy atom. The average molecular weight is 450 g/mol. The molecule has 0 spiro atoms. The van der Waals surface area contributed by atoms with Crippen LogP contribution in [0.15, 0.2) is 78.9 Å². The Morgan fingerprint density at radius 2 is 1.68 bits per heavy atom. The molecular formula is C28H22N2O4. The summed E-state index contributed by atoms with van der Waals surface area (Å²) in [5.74, 6) is -0.731. The fourth-order valence-electron chi connectivity index (χ4n) is 4.21. The predicted octanol–water partition coefficient (Wildman–Crippen LogP) is 5.22. The molecule has 1 amide bonds. The molecule has 1 aliphatic rings. The zero-order valence-electron chi connectivity index (χ0n) is 18.3. The molecule has 1 aromatic heterocycles. The lowest BCUT2D eigenvalue weighted by molar-refractivity contribution is -0.119. The molecule has 6 heteroatoms. The molecule has 0 saturated carbocycles. The van der Waals surface area contributed by atoms with Crippen LogP contribution in [0.3, 0.4) is 0 Å². The number of aromatic nitrogens is 1. The summed E-state index contributed by atoms with van der Waals surface area (Å²) >= 11 is 0. The van der Waals surface area contributed by atoms with Crippen LogP contribution < -0.4 is 5.32 Å². The molecule has 5 rings (SSSR count). The third-order valence-electron chi connectivity index (χ3n) is 5.77. The summed E-state index contributed by atoms with van der Waals surface area (Å²) in [4.78, 5) is 30.3. The first kappa shape index (κ1) is 21.4. The Kier molecular flexibility index (Phi) is 5.79. The molecule has 0 atom stereocenters. The highest BCUT2D eigenvalue weighted by molar-refractivity contribution is 6.08. The minimum atomic E-state index is -0.538. The predicted molar refractivity (Wildman–Crippen MR) is 131 cm³/mol. The number of hydrogen-bond acceptors (Lipinski definition) is 5. The van der Waals surface area contributed by atoms with Crippen molar-refractivity contribution in [3.05, 3.63) is 101 Å². The van der Waals surface area contributed by atoms with E-state index in [0.29, 0.717) is 28.6 Å². The number of para-hydroxylation sites is 2. The standard InChI is InChI=1S/C28H22N2O4/c31-21-13-10-18(11-14-21)16-19-12-15-23-26(22-8-4-5-9-24(22)30-27(19)23)28(33)34-17-25(32)29-20-6-2-1-3-7-20/h1-11,13-14,16,31H,12,15,17H2,(H,29,32)/b19-16+. The van der Waals surface area contributed by atoms with Gasteiger partial charge >= 0.3 is 5.97 Å². The summed E-state index contributed by atoms with van der Waals surface area (Å²) in [7, 11) is 0. The number of nitrogens with zero attached hydrogens (tertiary/aromatic N) is 1. The number of allylic oxidation sites excluding steroid dienone is 1. The topological polar surface area (TPSA) is 88.5 Å². The Morgan fingerprint density at radius 1 is 0.941 bits per heavy atom. The Balaban J connectivity index is 1.45. The molecule has 0 fully saturated rings. The molecule has 34 heavy (non-hydrogen) atoms. The van der Waals surface area contributed by atoms with Gasteiger partial charge in [0.1, 0.15) is 5.75 Å². The van der Waals surface area contributed by atoms with Gasteiger partial charge in [-0.15, -0.1) is 0 Å². The number of fused-ring (bicyclic) bond motifs is 2. The second-order valence-corrected chi connectivity index (χ2v) is 8.08. The summed E-state index contributed by atoms with van der Waals surface area (Å²) in [6.07, 6.45) is 3.40. The van der Waals surface area contributed by atoms with Crippen molar-refractivity contribution in [2.75, 3.05) is 11.9 Å². The quantitative estimate of drug-likeness (QED) is 0.407. The van der Waals surface area contributed by atoms with Gasteiger partial charge in [0.05, 0.1) is 16.8 Å². The number of ether oxygens (including phenoxy) is 1. The van der Waals surface area contributed by atoms with Crippen LogP contribution in [0.4, 0.5) is 5.69 Å².